The molecular formula is C16H17BrFNO. The maximum Gasteiger partial charge on any atom is 0.124 e. The molecular weight excluding hydrogens is 321 g/mol. The Balaban J connectivity index is 2.07. The van der Waals surface area contributed by atoms with Gasteiger partial charge in [0.25, 0.3) is 0 Å². The van der Waals surface area contributed by atoms with Gasteiger partial charge in [0, 0.05) is 16.7 Å². The van der Waals surface area contributed by atoms with Crippen LogP contribution in [0.15, 0.2) is 40.9 Å². The summed E-state index contributed by atoms with van der Waals surface area (Å²) in [6.07, 6.45) is 0. The molecule has 0 fully saturated rings. The Morgan fingerprint density at radius 2 is 2.00 bits per heavy atom. The highest BCUT2D eigenvalue weighted by molar-refractivity contribution is 9.10. The van der Waals surface area contributed by atoms with Gasteiger partial charge in [-0.3, -0.25) is 0 Å². The zero-order valence-electron chi connectivity index (χ0n) is 11.5. The van der Waals surface area contributed by atoms with E-state index in [2.05, 4.69) is 21.2 Å². The highest BCUT2D eigenvalue weighted by Gasteiger charge is 2.04. The molecule has 0 aliphatic heterocycles. The van der Waals surface area contributed by atoms with Crippen molar-refractivity contribution in [2.75, 3.05) is 11.9 Å². The SMILES string of the molecule is CCOc1ccc(NCc2ccc(F)cc2Br)c(C)c1. The van der Waals surface area contributed by atoms with Crippen LogP contribution in [0.3, 0.4) is 0 Å². The first kappa shape index (κ1) is 14.9. The Morgan fingerprint density at radius 3 is 2.65 bits per heavy atom. The summed E-state index contributed by atoms with van der Waals surface area (Å²) >= 11 is 3.37. The topological polar surface area (TPSA) is 21.3 Å². The first-order valence-electron chi connectivity index (χ1n) is 6.51. The first-order chi connectivity index (χ1) is 9.60. The summed E-state index contributed by atoms with van der Waals surface area (Å²) in [5.74, 6) is 0.636. The molecule has 2 aromatic rings. The largest absolute Gasteiger partial charge is 0.494 e. The van der Waals surface area contributed by atoms with Gasteiger partial charge in [-0.15, -0.1) is 0 Å². The molecule has 0 saturated heterocycles. The fourth-order valence-corrected chi connectivity index (χ4v) is 2.44. The van der Waals surface area contributed by atoms with Gasteiger partial charge in [-0.2, -0.15) is 0 Å². The van der Waals surface area contributed by atoms with Crippen molar-refractivity contribution in [1.82, 2.24) is 0 Å². The fraction of sp³-hybridized carbons (Fsp3) is 0.250. The molecule has 20 heavy (non-hydrogen) atoms. The quantitative estimate of drug-likeness (QED) is 0.837. The summed E-state index contributed by atoms with van der Waals surface area (Å²) < 4.78 is 19.3. The molecule has 1 N–H and O–H groups in total. The summed E-state index contributed by atoms with van der Waals surface area (Å²) in [5, 5.41) is 3.35. The minimum Gasteiger partial charge on any atom is -0.494 e. The van der Waals surface area contributed by atoms with Gasteiger partial charge >= 0.3 is 0 Å². The molecule has 0 amide bonds. The molecule has 0 spiro atoms. The molecule has 0 atom stereocenters. The van der Waals surface area contributed by atoms with Crippen molar-refractivity contribution >= 4 is 21.6 Å². The van der Waals surface area contributed by atoms with E-state index in [1.807, 2.05) is 32.0 Å². The van der Waals surface area contributed by atoms with E-state index in [0.29, 0.717) is 13.2 Å². The Morgan fingerprint density at radius 1 is 1.20 bits per heavy atom. The van der Waals surface area contributed by atoms with Crippen LogP contribution in [0, 0.1) is 12.7 Å². The van der Waals surface area contributed by atoms with Crippen LogP contribution in [0.2, 0.25) is 0 Å². The van der Waals surface area contributed by atoms with Gasteiger partial charge in [0.15, 0.2) is 0 Å². The van der Waals surface area contributed by atoms with E-state index in [4.69, 9.17) is 4.74 Å². The van der Waals surface area contributed by atoms with E-state index < -0.39 is 0 Å². The van der Waals surface area contributed by atoms with Crippen molar-refractivity contribution in [3.05, 3.63) is 57.8 Å². The minimum atomic E-state index is -0.238. The number of hydrogen-bond donors (Lipinski definition) is 1. The number of nitrogens with one attached hydrogen (secondary N) is 1. The van der Waals surface area contributed by atoms with Gasteiger partial charge in [0.2, 0.25) is 0 Å². The summed E-state index contributed by atoms with van der Waals surface area (Å²) in [4.78, 5) is 0. The molecule has 0 unspecified atom stereocenters. The van der Waals surface area contributed by atoms with Gasteiger partial charge in [-0.25, -0.2) is 4.39 Å². The standard InChI is InChI=1S/C16H17BrFNO/c1-3-20-14-6-7-16(11(2)8-14)19-10-12-4-5-13(18)9-15(12)17/h4-9,19H,3,10H2,1-2H3. The Hall–Kier alpha value is -1.55. The van der Waals surface area contributed by atoms with E-state index in [0.717, 1.165) is 27.0 Å². The molecule has 0 radical (unpaired) electrons. The third-order valence-corrected chi connectivity index (χ3v) is 3.73. The number of rotatable bonds is 5. The van der Waals surface area contributed by atoms with Crippen molar-refractivity contribution in [1.29, 1.82) is 0 Å². The van der Waals surface area contributed by atoms with E-state index in [9.17, 15) is 4.39 Å². The molecule has 4 heteroatoms. The van der Waals surface area contributed by atoms with Gasteiger partial charge in [-0.1, -0.05) is 22.0 Å². The summed E-state index contributed by atoms with van der Waals surface area (Å²) in [7, 11) is 0. The van der Waals surface area contributed by atoms with Crippen molar-refractivity contribution in [3.8, 4) is 5.75 Å². The number of benzene rings is 2. The first-order valence-corrected chi connectivity index (χ1v) is 7.30. The number of halogens is 2. The van der Waals surface area contributed by atoms with Crippen LogP contribution in [0.1, 0.15) is 18.1 Å². The Kier molecular flexibility index (Phi) is 5.01. The lowest BCUT2D eigenvalue weighted by Gasteiger charge is -2.12. The lowest BCUT2D eigenvalue weighted by molar-refractivity contribution is 0.340. The zero-order valence-corrected chi connectivity index (χ0v) is 13.1. The molecule has 2 nitrogen and oxygen atoms in total. The van der Waals surface area contributed by atoms with E-state index in [1.54, 1.807) is 6.07 Å². The van der Waals surface area contributed by atoms with Gasteiger partial charge in [0.05, 0.1) is 6.61 Å². The molecule has 106 valence electrons. The number of aryl methyl sites for hydroxylation is 1. The molecule has 2 aromatic carbocycles. The molecule has 0 aromatic heterocycles. The molecule has 0 aliphatic rings. The van der Waals surface area contributed by atoms with Crippen molar-refractivity contribution in [3.63, 3.8) is 0 Å². The van der Waals surface area contributed by atoms with E-state index in [1.165, 1.54) is 12.1 Å². The summed E-state index contributed by atoms with van der Waals surface area (Å²) in [5.41, 5.74) is 3.18. The molecule has 0 aliphatic carbocycles. The zero-order chi connectivity index (χ0) is 14.5. The van der Waals surface area contributed by atoms with Crippen LogP contribution in [0.4, 0.5) is 10.1 Å². The number of anilines is 1. The molecule has 0 heterocycles. The predicted molar refractivity (Wildman–Crippen MR) is 83.8 cm³/mol. The summed E-state index contributed by atoms with van der Waals surface area (Å²) in [6, 6.07) is 10.7. The minimum absolute atomic E-state index is 0.238. The van der Waals surface area contributed by atoms with Crippen molar-refractivity contribution < 1.29 is 9.13 Å². The monoisotopic (exact) mass is 337 g/mol. The Labute approximate surface area is 127 Å². The summed E-state index contributed by atoms with van der Waals surface area (Å²) in [6.45, 7) is 5.29. The number of hydrogen-bond acceptors (Lipinski definition) is 2. The fourth-order valence-electron chi connectivity index (χ4n) is 1.95. The van der Waals surface area contributed by atoms with E-state index >= 15 is 0 Å². The van der Waals surface area contributed by atoms with E-state index in [-0.39, 0.29) is 5.82 Å². The second-order valence-electron chi connectivity index (χ2n) is 4.50. The average Bonchev–Trinajstić information content (AvgIpc) is 2.40. The number of ether oxygens (including phenoxy) is 1. The van der Waals surface area contributed by atoms with Crippen LogP contribution in [-0.2, 0) is 6.54 Å². The van der Waals surface area contributed by atoms with Crippen molar-refractivity contribution in [2.24, 2.45) is 0 Å². The third-order valence-electron chi connectivity index (χ3n) is 2.99. The highest BCUT2D eigenvalue weighted by atomic mass is 79.9. The lowest BCUT2D eigenvalue weighted by Crippen LogP contribution is -2.02. The maximum atomic E-state index is 13.0. The van der Waals surface area contributed by atoms with Crippen LogP contribution >= 0.6 is 15.9 Å². The Bertz CT molecular complexity index is 601. The second-order valence-corrected chi connectivity index (χ2v) is 5.35. The van der Waals surface area contributed by atoms with Crippen LogP contribution < -0.4 is 10.1 Å². The average molecular weight is 338 g/mol. The smallest absolute Gasteiger partial charge is 0.124 e. The molecule has 2 rings (SSSR count). The normalized spacial score (nSPS) is 10.4. The molecule has 0 saturated carbocycles. The van der Waals surface area contributed by atoms with Crippen LogP contribution in [0.25, 0.3) is 0 Å². The van der Waals surface area contributed by atoms with Gasteiger partial charge in [0.1, 0.15) is 11.6 Å². The molecule has 0 bridgehead atoms. The maximum absolute atomic E-state index is 13.0. The van der Waals surface area contributed by atoms with Gasteiger partial charge in [-0.05, 0) is 55.3 Å². The van der Waals surface area contributed by atoms with Crippen LogP contribution in [-0.4, -0.2) is 6.61 Å². The lowest BCUT2D eigenvalue weighted by atomic mass is 10.1. The van der Waals surface area contributed by atoms with Crippen LogP contribution in [0.5, 0.6) is 5.75 Å². The third kappa shape index (κ3) is 3.73. The van der Waals surface area contributed by atoms with Gasteiger partial charge < -0.3 is 10.1 Å². The highest BCUT2D eigenvalue weighted by Crippen LogP contribution is 2.24. The van der Waals surface area contributed by atoms with Crippen molar-refractivity contribution in [2.45, 2.75) is 20.4 Å². The second kappa shape index (κ2) is 6.75. The predicted octanol–water partition coefficient (Wildman–Crippen LogP) is 4.91.